The lowest BCUT2D eigenvalue weighted by molar-refractivity contribution is 0.122. The van der Waals surface area contributed by atoms with E-state index >= 15 is 0 Å². The first-order chi connectivity index (χ1) is 13.8. The monoisotopic (exact) mass is 382 g/mol. The number of piperazine rings is 1. The molecule has 8 heteroatoms. The Balaban J connectivity index is 1.23. The molecule has 1 aromatic carbocycles. The summed E-state index contributed by atoms with van der Waals surface area (Å²) in [6.45, 7) is 6.76. The van der Waals surface area contributed by atoms with Crippen molar-refractivity contribution < 1.29 is 9.53 Å². The number of nitrogens with one attached hydrogen (secondary N) is 1. The summed E-state index contributed by atoms with van der Waals surface area (Å²) < 4.78 is 5.40. The lowest BCUT2D eigenvalue weighted by Gasteiger charge is -2.34. The van der Waals surface area contributed by atoms with E-state index in [1.165, 1.54) is 5.69 Å². The molecule has 2 fully saturated rings. The van der Waals surface area contributed by atoms with E-state index in [9.17, 15) is 4.79 Å². The minimum Gasteiger partial charge on any atom is -0.378 e. The maximum atomic E-state index is 12.5. The number of urea groups is 1. The molecule has 148 valence electrons. The van der Waals surface area contributed by atoms with Gasteiger partial charge in [0.2, 0.25) is 5.95 Å². The summed E-state index contributed by atoms with van der Waals surface area (Å²) in [6.07, 6.45) is 3.48. The van der Waals surface area contributed by atoms with Gasteiger partial charge in [0.05, 0.1) is 13.2 Å². The molecule has 28 heavy (non-hydrogen) atoms. The molecule has 0 spiro atoms. The molecule has 1 N–H and O–H groups in total. The number of hydrogen-bond donors (Lipinski definition) is 1. The summed E-state index contributed by atoms with van der Waals surface area (Å²) >= 11 is 0. The van der Waals surface area contributed by atoms with Gasteiger partial charge in [0.15, 0.2) is 0 Å². The Kier molecular flexibility index (Phi) is 5.86. The van der Waals surface area contributed by atoms with Gasteiger partial charge in [0.1, 0.15) is 0 Å². The van der Waals surface area contributed by atoms with Gasteiger partial charge < -0.3 is 24.8 Å². The van der Waals surface area contributed by atoms with Gasteiger partial charge >= 0.3 is 6.03 Å². The number of carbonyl (C=O) groups is 1. The molecule has 0 saturated carbocycles. The number of hydrogen-bond acceptors (Lipinski definition) is 6. The maximum Gasteiger partial charge on any atom is 0.317 e. The maximum absolute atomic E-state index is 12.5. The molecule has 0 atom stereocenters. The summed E-state index contributed by atoms with van der Waals surface area (Å²) in [5, 5.41) is 3.03. The fourth-order valence-electron chi connectivity index (χ4n) is 3.50. The van der Waals surface area contributed by atoms with Crippen molar-refractivity contribution in [3.63, 3.8) is 0 Å². The van der Waals surface area contributed by atoms with Gasteiger partial charge in [0, 0.05) is 63.9 Å². The van der Waals surface area contributed by atoms with Crippen molar-refractivity contribution in [2.24, 2.45) is 0 Å². The second kappa shape index (κ2) is 8.88. The Morgan fingerprint density at radius 1 is 0.929 bits per heavy atom. The molecule has 2 amide bonds. The quantitative estimate of drug-likeness (QED) is 0.860. The SMILES string of the molecule is O=C(NCc1ccc(N2CCOCC2)cc1)N1CCN(c2ncccn2)CC1. The van der Waals surface area contributed by atoms with E-state index in [2.05, 4.69) is 49.4 Å². The number of amides is 2. The van der Waals surface area contributed by atoms with Crippen LogP contribution in [0, 0.1) is 0 Å². The number of aromatic nitrogens is 2. The fourth-order valence-corrected chi connectivity index (χ4v) is 3.50. The Bertz CT molecular complexity index is 756. The first-order valence-corrected chi connectivity index (χ1v) is 9.76. The highest BCUT2D eigenvalue weighted by Gasteiger charge is 2.22. The van der Waals surface area contributed by atoms with Crippen molar-refractivity contribution in [2.45, 2.75) is 6.54 Å². The highest BCUT2D eigenvalue weighted by Crippen LogP contribution is 2.17. The molecule has 4 rings (SSSR count). The topological polar surface area (TPSA) is 73.8 Å². The zero-order chi connectivity index (χ0) is 19.2. The molecule has 1 aromatic heterocycles. The second-order valence-corrected chi connectivity index (χ2v) is 6.95. The molecular formula is C20H26N6O2. The van der Waals surface area contributed by atoms with Gasteiger partial charge in [-0.05, 0) is 23.8 Å². The third-order valence-corrected chi connectivity index (χ3v) is 5.16. The van der Waals surface area contributed by atoms with E-state index in [4.69, 9.17) is 4.74 Å². The third kappa shape index (κ3) is 4.51. The Morgan fingerprint density at radius 2 is 1.61 bits per heavy atom. The molecule has 0 aliphatic carbocycles. The van der Waals surface area contributed by atoms with Crippen LogP contribution < -0.4 is 15.1 Å². The van der Waals surface area contributed by atoms with Crippen LogP contribution in [-0.4, -0.2) is 73.4 Å². The lowest BCUT2D eigenvalue weighted by atomic mass is 10.2. The number of nitrogens with zero attached hydrogens (tertiary/aromatic N) is 5. The normalized spacial score (nSPS) is 17.5. The number of anilines is 2. The van der Waals surface area contributed by atoms with Crippen LogP contribution in [0.4, 0.5) is 16.4 Å². The molecule has 0 radical (unpaired) electrons. The average Bonchev–Trinajstić information content (AvgIpc) is 2.79. The van der Waals surface area contributed by atoms with Gasteiger partial charge in [-0.25, -0.2) is 14.8 Å². The summed E-state index contributed by atoms with van der Waals surface area (Å²) in [4.78, 5) is 27.3. The Labute approximate surface area is 165 Å². The van der Waals surface area contributed by atoms with Crippen LogP contribution in [0.3, 0.4) is 0 Å². The van der Waals surface area contributed by atoms with Crippen molar-refractivity contribution in [3.8, 4) is 0 Å². The zero-order valence-electron chi connectivity index (χ0n) is 16.0. The molecule has 0 unspecified atom stereocenters. The highest BCUT2D eigenvalue weighted by molar-refractivity contribution is 5.74. The predicted octanol–water partition coefficient (Wildman–Crippen LogP) is 1.34. The summed E-state index contributed by atoms with van der Waals surface area (Å²) in [6, 6.07) is 10.2. The summed E-state index contributed by atoms with van der Waals surface area (Å²) in [5.74, 6) is 0.725. The first kappa shape index (κ1) is 18.5. The molecule has 2 aliphatic heterocycles. The van der Waals surface area contributed by atoms with Gasteiger partial charge in [0.25, 0.3) is 0 Å². The minimum atomic E-state index is -0.0223. The van der Waals surface area contributed by atoms with E-state index in [1.807, 2.05) is 4.90 Å². The van der Waals surface area contributed by atoms with E-state index in [0.717, 1.165) is 50.9 Å². The zero-order valence-corrected chi connectivity index (χ0v) is 16.0. The van der Waals surface area contributed by atoms with Crippen molar-refractivity contribution in [1.29, 1.82) is 0 Å². The molecule has 0 bridgehead atoms. The van der Waals surface area contributed by atoms with Crippen molar-refractivity contribution in [2.75, 3.05) is 62.3 Å². The van der Waals surface area contributed by atoms with Crippen LogP contribution in [0.1, 0.15) is 5.56 Å². The molecule has 2 aromatic rings. The lowest BCUT2D eigenvalue weighted by Crippen LogP contribution is -2.52. The number of carbonyl (C=O) groups excluding carboxylic acids is 1. The molecule has 8 nitrogen and oxygen atoms in total. The predicted molar refractivity (Wildman–Crippen MR) is 108 cm³/mol. The van der Waals surface area contributed by atoms with E-state index in [1.54, 1.807) is 18.5 Å². The highest BCUT2D eigenvalue weighted by atomic mass is 16.5. The Morgan fingerprint density at radius 3 is 2.29 bits per heavy atom. The number of rotatable bonds is 4. The molecular weight excluding hydrogens is 356 g/mol. The molecule has 3 heterocycles. The number of benzene rings is 1. The molecule has 2 aliphatic rings. The number of ether oxygens (including phenoxy) is 1. The van der Waals surface area contributed by atoms with E-state index in [-0.39, 0.29) is 6.03 Å². The van der Waals surface area contributed by atoms with Gasteiger partial charge in [-0.3, -0.25) is 0 Å². The van der Waals surface area contributed by atoms with Crippen LogP contribution in [-0.2, 0) is 11.3 Å². The molecule has 2 saturated heterocycles. The summed E-state index contributed by atoms with van der Waals surface area (Å²) in [7, 11) is 0. The van der Waals surface area contributed by atoms with Crippen molar-refractivity contribution in [3.05, 3.63) is 48.3 Å². The third-order valence-electron chi connectivity index (χ3n) is 5.16. The van der Waals surface area contributed by atoms with E-state index in [0.29, 0.717) is 19.6 Å². The largest absolute Gasteiger partial charge is 0.378 e. The standard InChI is InChI=1S/C20H26N6O2/c27-20(26-10-8-25(9-11-26)19-21-6-1-7-22-19)23-16-17-2-4-18(5-3-17)24-12-14-28-15-13-24/h1-7H,8-16H2,(H,23,27). The van der Waals surface area contributed by atoms with Crippen LogP contribution in [0.25, 0.3) is 0 Å². The summed E-state index contributed by atoms with van der Waals surface area (Å²) in [5.41, 5.74) is 2.30. The van der Waals surface area contributed by atoms with Crippen LogP contribution in [0.2, 0.25) is 0 Å². The van der Waals surface area contributed by atoms with Crippen LogP contribution in [0.5, 0.6) is 0 Å². The van der Waals surface area contributed by atoms with Crippen molar-refractivity contribution in [1.82, 2.24) is 20.2 Å². The minimum absolute atomic E-state index is 0.0223. The van der Waals surface area contributed by atoms with Gasteiger partial charge in [-0.2, -0.15) is 0 Å². The Hall–Kier alpha value is -2.87. The van der Waals surface area contributed by atoms with E-state index < -0.39 is 0 Å². The fraction of sp³-hybridized carbons (Fsp3) is 0.450. The first-order valence-electron chi connectivity index (χ1n) is 9.76. The number of morpholine rings is 1. The smallest absolute Gasteiger partial charge is 0.317 e. The second-order valence-electron chi connectivity index (χ2n) is 6.95. The van der Waals surface area contributed by atoms with Gasteiger partial charge in [-0.15, -0.1) is 0 Å². The van der Waals surface area contributed by atoms with Crippen LogP contribution in [0.15, 0.2) is 42.7 Å². The van der Waals surface area contributed by atoms with Crippen molar-refractivity contribution >= 4 is 17.7 Å². The average molecular weight is 382 g/mol. The van der Waals surface area contributed by atoms with Crippen LogP contribution >= 0.6 is 0 Å². The van der Waals surface area contributed by atoms with Gasteiger partial charge in [-0.1, -0.05) is 12.1 Å².